The minimum Gasteiger partial charge on any atom is -0.348 e. The van der Waals surface area contributed by atoms with Crippen LogP contribution >= 0.6 is 0 Å². The largest absolute Gasteiger partial charge is 0.348 e. The molecule has 7 heteroatoms. The lowest BCUT2D eigenvalue weighted by atomic mass is 9.73. The van der Waals surface area contributed by atoms with E-state index in [9.17, 15) is 9.59 Å². The third-order valence-electron chi connectivity index (χ3n) is 7.15. The first-order valence-corrected chi connectivity index (χ1v) is 10.7. The fraction of sp³-hybridized carbons (Fsp3) is 0.762. The average Bonchev–Trinajstić information content (AvgIpc) is 3.17. The van der Waals surface area contributed by atoms with E-state index in [1.54, 1.807) is 25.3 Å². The molecule has 2 aliphatic heterocycles. The SMILES string of the molecule is CN(C)C(=O)[C@@H]1Cc2[nH]cnc2C2(CCN(C(=O)C3(C)CCCCC3)CC2)N1. The maximum atomic E-state index is 13.2. The molecule has 2 amide bonds. The summed E-state index contributed by atoms with van der Waals surface area (Å²) in [7, 11) is 3.59. The number of hydrogen-bond donors (Lipinski definition) is 2. The van der Waals surface area contributed by atoms with Gasteiger partial charge in [0.25, 0.3) is 0 Å². The minimum atomic E-state index is -0.325. The van der Waals surface area contributed by atoms with E-state index in [1.807, 2.05) is 0 Å². The number of H-pyrrole nitrogens is 1. The van der Waals surface area contributed by atoms with Crippen LogP contribution in [0.5, 0.6) is 0 Å². The number of aromatic nitrogens is 2. The topological polar surface area (TPSA) is 81.3 Å². The van der Waals surface area contributed by atoms with Gasteiger partial charge in [0.05, 0.1) is 23.6 Å². The number of carbonyl (C=O) groups is 2. The molecule has 1 aromatic heterocycles. The summed E-state index contributed by atoms with van der Waals surface area (Å²) >= 11 is 0. The van der Waals surface area contributed by atoms with Crippen LogP contribution in [0.2, 0.25) is 0 Å². The smallest absolute Gasteiger partial charge is 0.239 e. The molecule has 154 valence electrons. The summed E-state index contributed by atoms with van der Waals surface area (Å²) in [6.45, 7) is 3.59. The van der Waals surface area contributed by atoms with Gasteiger partial charge >= 0.3 is 0 Å². The zero-order valence-electron chi connectivity index (χ0n) is 17.4. The van der Waals surface area contributed by atoms with Crippen molar-refractivity contribution in [3.05, 3.63) is 17.7 Å². The molecule has 2 N–H and O–H groups in total. The maximum absolute atomic E-state index is 13.2. The number of amides is 2. The Kier molecular flexibility index (Phi) is 4.98. The van der Waals surface area contributed by atoms with E-state index in [1.165, 1.54) is 6.42 Å². The molecule has 0 unspecified atom stereocenters. The molecular formula is C21H33N5O2. The zero-order valence-corrected chi connectivity index (χ0v) is 17.4. The monoisotopic (exact) mass is 387 g/mol. The molecule has 7 nitrogen and oxygen atoms in total. The number of likely N-dealkylation sites (N-methyl/N-ethyl adjacent to an activating group) is 1. The third-order valence-corrected chi connectivity index (χ3v) is 7.15. The Hall–Kier alpha value is -1.89. The summed E-state index contributed by atoms with van der Waals surface area (Å²) in [4.78, 5) is 37.4. The Balaban J connectivity index is 1.51. The zero-order chi connectivity index (χ0) is 19.9. The van der Waals surface area contributed by atoms with Gasteiger partial charge in [0.2, 0.25) is 11.8 Å². The summed E-state index contributed by atoms with van der Waals surface area (Å²) < 4.78 is 0. The third kappa shape index (κ3) is 3.23. The van der Waals surface area contributed by atoms with Crippen LogP contribution in [-0.2, 0) is 21.5 Å². The Morgan fingerprint density at radius 3 is 2.46 bits per heavy atom. The number of aromatic amines is 1. The second-order valence-corrected chi connectivity index (χ2v) is 9.36. The second-order valence-electron chi connectivity index (χ2n) is 9.36. The number of imidazole rings is 1. The maximum Gasteiger partial charge on any atom is 0.239 e. The van der Waals surface area contributed by atoms with Crippen LogP contribution in [0.1, 0.15) is 63.3 Å². The summed E-state index contributed by atoms with van der Waals surface area (Å²) in [5.41, 5.74) is 1.57. The van der Waals surface area contributed by atoms with Gasteiger partial charge in [0.1, 0.15) is 0 Å². The van der Waals surface area contributed by atoms with E-state index in [2.05, 4.69) is 27.1 Å². The molecule has 3 heterocycles. The molecule has 4 rings (SSSR count). The second kappa shape index (κ2) is 7.17. The highest BCUT2D eigenvalue weighted by atomic mass is 16.2. The molecule has 1 aromatic rings. The first kappa shape index (κ1) is 19.4. The normalized spacial score (nSPS) is 26.0. The summed E-state index contributed by atoms with van der Waals surface area (Å²) in [5, 5.41) is 3.63. The highest BCUT2D eigenvalue weighted by Crippen LogP contribution is 2.41. The Morgan fingerprint density at radius 2 is 1.82 bits per heavy atom. The standard InChI is InChI=1S/C21H33N5O2/c1-20(7-5-4-6-8-20)19(28)26-11-9-21(10-12-26)17-15(22-14-23-17)13-16(24-21)18(27)25(2)3/h14,16,24H,4-13H2,1-3H3,(H,22,23)/t16-/m0/s1. The molecule has 1 saturated carbocycles. The molecule has 3 aliphatic rings. The van der Waals surface area contributed by atoms with Crippen LogP contribution in [0, 0.1) is 5.41 Å². The van der Waals surface area contributed by atoms with Crippen molar-refractivity contribution < 1.29 is 9.59 Å². The Bertz CT molecular complexity index is 742. The van der Waals surface area contributed by atoms with Gasteiger partial charge in [-0.3, -0.25) is 14.9 Å². The molecule has 0 bridgehead atoms. The van der Waals surface area contributed by atoms with Gasteiger partial charge in [-0.2, -0.15) is 0 Å². The van der Waals surface area contributed by atoms with E-state index in [4.69, 9.17) is 0 Å². The van der Waals surface area contributed by atoms with Crippen molar-refractivity contribution in [3.63, 3.8) is 0 Å². The predicted octanol–water partition coefficient (Wildman–Crippen LogP) is 1.80. The molecule has 0 aromatic carbocycles. The molecule has 0 radical (unpaired) electrons. The Morgan fingerprint density at radius 1 is 1.14 bits per heavy atom. The van der Waals surface area contributed by atoms with Crippen molar-refractivity contribution >= 4 is 11.8 Å². The van der Waals surface area contributed by atoms with Crippen LogP contribution in [0.25, 0.3) is 0 Å². The Labute approximate surface area is 167 Å². The molecule has 1 spiro atoms. The van der Waals surface area contributed by atoms with Crippen molar-refractivity contribution in [1.82, 2.24) is 25.1 Å². The summed E-state index contributed by atoms with van der Waals surface area (Å²) in [6.07, 6.45) is 9.54. The molecule has 1 saturated heterocycles. The highest BCUT2D eigenvalue weighted by molar-refractivity contribution is 5.83. The van der Waals surface area contributed by atoms with E-state index in [0.29, 0.717) is 12.3 Å². The summed E-state index contributed by atoms with van der Waals surface area (Å²) in [6, 6.07) is -0.249. The molecule has 1 aliphatic carbocycles. The van der Waals surface area contributed by atoms with Crippen LogP contribution in [-0.4, -0.2) is 64.8 Å². The fourth-order valence-corrected chi connectivity index (χ4v) is 5.41. The van der Waals surface area contributed by atoms with Gasteiger partial charge in [0.15, 0.2) is 0 Å². The molecule has 2 fully saturated rings. The predicted molar refractivity (Wildman–Crippen MR) is 107 cm³/mol. The van der Waals surface area contributed by atoms with Crippen molar-refractivity contribution in [1.29, 1.82) is 0 Å². The number of rotatable bonds is 2. The minimum absolute atomic E-state index is 0.0906. The first-order valence-electron chi connectivity index (χ1n) is 10.7. The van der Waals surface area contributed by atoms with Crippen LogP contribution < -0.4 is 5.32 Å². The van der Waals surface area contributed by atoms with Crippen molar-refractivity contribution in [2.75, 3.05) is 27.2 Å². The molecule has 28 heavy (non-hydrogen) atoms. The lowest BCUT2D eigenvalue weighted by molar-refractivity contribution is -0.145. The molecule has 1 atom stereocenters. The van der Waals surface area contributed by atoms with E-state index in [0.717, 1.165) is 63.0 Å². The van der Waals surface area contributed by atoms with Crippen molar-refractivity contribution in [2.45, 2.75) is 69.9 Å². The van der Waals surface area contributed by atoms with Crippen LogP contribution in [0.4, 0.5) is 0 Å². The number of fused-ring (bicyclic) bond motifs is 2. The van der Waals surface area contributed by atoms with Gasteiger partial charge in [-0.15, -0.1) is 0 Å². The van der Waals surface area contributed by atoms with Gasteiger partial charge in [-0.05, 0) is 25.7 Å². The van der Waals surface area contributed by atoms with Crippen molar-refractivity contribution in [3.8, 4) is 0 Å². The fourth-order valence-electron chi connectivity index (χ4n) is 5.41. The van der Waals surface area contributed by atoms with Gasteiger partial charge in [0, 0.05) is 44.7 Å². The van der Waals surface area contributed by atoms with Gasteiger partial charge in [-0.25, -0.2) is 4.98 Å². The summed E-state index contributed by atoms with van der Waals surface area (Å²) in [5.74, 6) is 0.411. The van der Waals surface area contributed by atoms with Crippen LogP contribution in [0.3, 0.4) is 0 Å². The lowest BCUT2D eigenvalue weighted by Gasteiger charge is -2.48. The van der Waals surface area contributed by atoms with Gasteiger partial charge < -0.3 is 14.8 Å². The van der Waals surface area contributed by atoms with E-state index >= 15 is 0 Å². The first-order chi connectivity index (χ1) is 13.3. The number of hydrogen-bond acceptors (Lipinski definition) is 4. The average molecular weight is 388 g/mol. The number of nitrogens with zero attached hydrogens (tertiary/aromatic N) is 3. The van der Waals surface area contributed by atoms with E-state index < -0.39 is 0 Å². The number of likely N-dealkylation sites (tertiary alicyclic amines) is 1. The van der Waals surface area contributed by atoms with Crippen LogP contribution in [0.15, 0.2) is 6.33 Å². The quantitative estimate of drug-likeness (QED) is 0.811. The number of carbonyl (C=O) groups excluding carboxylic acids is 2. The highest BCUT2D eigenvalue weighted by Gasteiger charge is 2.48. The lowest BCUT2D eigenvalue weighted by Crippen LogP contribution is -2.62. The number of piperidine rings is 1. The number of nitrogens with one attached hydrogen (secondary N) is 2. The van der Waals surface area contributed by atoms with E-state index in [-0.39, 0.29) is 22.9 Å². The van der Waals surface area contributed by atoms with Gasteiger partial charge in [-0.1, -0.05) is 26.2 Å². The molecular weight excluding hydrogens is 354 g/mol. The van der Waals surface area contributed by atoms with Crippen molar-refractivity contribution in [2.24, 2.45) is 5.41 Å².